The Balaban J connectivity index is 1.25. The lowest BCUT2D eigenvalue weighted by Gasteiger charge is -2.30. The van der Waals surface area contributed by atoms with Gasteiger partial charge in [0.2, 0.25) is 15.9 Å². The summed E-state index contributed by atoms with van der Waals surface area (Å²) in [5.74, 6) is -0.366. The fourth-order valence-electron chi connectivity index (χ4n) is 4.87. The van der Waals surface area contributed by atoms with Gasteiger partial charge in [-0.2, -0.15) is 0 Å². The summed E-state index contributed by atoms with van der Waals surface area (Å²) in [6, 6.07) is 13.2. The zero-order valence-electron chi connectivity index (χ0n) is 19.9. The molecule has 0 unspecified atom stereocenters. The van der Waals surface area contributed by atoms with E-state index in [0.717, 1.165) is 25.2 Å². The number of carbonyl (C=O) groups excluding carboxylic acids is 1. The molecule has 9 heteroatoms. The van der Waals surface area contributed by atoms with E-state index in [1.165, 1.54) is 29.1 Å². The van der Waals surface area contributed by atoms with Crippen LogP contribution in [0.4, 0.5) is 0 Å². The molecule has 2 saturated heterocycles. The van der Waals surface area contributed by atoms with Crippen molar-refractivity contribution in [1.29, 1.82) is 0 Å². The average Bonchev–Trinajstić information content (AvgIpc) is 2.85. The van der Waals surface area contributed by atoms with Crippen molar-refractivity contribution in [2.75, 3.05) is 26.2 Å². The molecule has 0 bridgehead atoms. The number of rotatable bonds is 8. The van der Waals surface area contributed by atoms with Crippen molar-refractivity contribution in [3.63, 3.8) is 0 Å². The molecule has 0 atom stereocenters. The number of nitrogens with zero attached hydrogens (tertiary/aromatic N) is 2. The Morgan fingerprint density at radius 1 is 0.943 bits per heavy atom. The van der Waals surface area contributed by atoms with Gasteiger partial charge in [0.1, 0.15) is 0 Å². The van der Waals surface area contributed by atoms with Gasteiger partial charge >= 0.3 is 0 Å². The van der Waals surface area contributed by atoms with Gasteiger partial charge < -0.3 is 5.32 Å². The van der Waals surface area contributed by atoms with E-state index in [1.807, 2.05) is 6.07 Å². The van der Waals surface area contributed by atoms with Crippen LogP contribution in [0.1, 0.15) is 48.8 Å². The molecule has 0 saturated carbocycles. The summed E-state index contributed by atoms with van der Waals surface area (Å²) in [5, 5.41) is 3.87. The molecule has 4 rings (SSSR count). The van der Waals surface area contributed by atoms with Gasteiger partial charge in [0.25, 0.3) is 0 Å². The zero-order chi connectivity index (χ0) is 24.8. The summed E-state index contributed by atoms with van der Waals surface area (Å²) in [6.07, 6.45) is 4.88. The van der Waals surface area contributed by atoms with Crippen LogP contribution in [-0.2, 0) is 33.7 Å². The van der Waals surface area contributed by atoms with E-state index >= 15 is 0 Å². The summed E-state index contributed by atoms with van der Waals surface area (Å²) >= 11 is 12.1. The van der Waals surface area contributed by atoms with Crippen molar-refractivity contribution in [1.82, 2.24) is 14.5 Å². The Morgan fingerprint density at radius 3 is 2.37 bits per heavy atom. The molecule has 190 valence electrons. The summed E-state index contributed by atoms with van der Waals surface area (Å²) < 4.78 is 27.2. The SMILES string of the molecule is O=C(NCc1cccc(CN2CCCCC2)c1)C1CCN(S(=O)(=O)Cc2ccc(Cl)cc2Cl)CC1. The van der Waals surface area contributed by atoms with Gasteiger partial charge in [0, 0.05) is 42.1 Å². The second-order valence-electron chi connectivity index (χ2n) is 9.54. The highest BCUT2D eigenvalue weighted by Crippen LogP contribution is 2.26. The van der Waals surface area contributed by atoms with Crippen molar-refractivity contribution < 1.29 is 13.2 Å². The quantitative estimate of drug-likeness (QED) is 0.523. The summed E-state index contributed by atoms with van der Waals surface area (Å²) in [6.45, 7) is 4.41. The second kappa shape index (κ2) is 12.1. The number of hydrogen-bond acceptors (Lipinski definition) is 4. The molecule has 2 heterocycles. The van der Waals surface area contributed by atoms with E-state index in [2.05, 4.69) is 28.4 Å². The Bertz CT molecular complexity index is 1130. The minimum absolute atomic E-state index is 0.00997. The maximum atomic E-state index is 12.9. The van der Waals surface area contributed by atoms with Crippen LogP contribution in [0.2, 0.25) is 10.0 Å². The summed E-state index contributed by atoms with van der Waals surface area (Å²) in [4.78, 5) is 15.3. The van der Waals surface area contributed by atoms with E-state index in [-0.39, 0.29) is 17.6 Å². The number of nitrogens with one attached hydrogen (secondary N) is 1. The van der Waals surface area contributed by atoms with E-state index in [4.69, 9.17) is 23.2 Å². The van der Waals surface area contributed by atoms with Gasteiger partial charge in [-0.1, -0.05) is 60.0 Å². The molecule has 0 aliphatic carbocycles. The first kappa shape index (κ1) is 26.4. The van der Waals surface area contributed by atoms with Gasteiger partial charge in [-0.25, -0.2) is 12.7 Å². The minimum Gasteiger partial charge on any atom is -0.352 e. The van der Waals surface area contributed by atoms with Crippen molar-refractivity contribution in [3.8, 4) is 0 Å². The van der Waals surface area contributed by atoms with E-state index in [1.54, 1.807) is 18.2 Å². The largest absolute Gasteiger partial charge is 0.352 e. The predicted molar refractivity (Wildman–Crippen MR) is 141 cm³/mol. The van der Waals surface area contributed by atoms with Crippen LogP contribution in [0, 0.1) is 5.92 Å². The molecule has 2 aliphatic rings. The third-order valence-electron chi connectivity index (χ3n) is 6.88. The molecule has 6 nitrogen and oxygen atoms in total. The molecule has 0 spiro atoms. The molecule has 2 fully saturated rings. The Morgan fingerprint density at radius 2 is 1.66 bits per heavy atom. The summed E-state index contributed by atoms with van der Waals surface area (Å²) in [5.41, 5.74) is 2.89. The van der Waals surface area contributed by atoms with Crippen molar-refractivity contribution >= 4 is 39.1 Å². The lowest BCUT2D eigenvalue weighted by Crippen LogP contribution is -2.43. The van der Waals surface area contributed by atoms with Crippen molar-refractivity contribution in [2.24, 2.45) is 5.92 Å². The van der Waals surface area contributed by atoms with Crippen molar-refractivity contribution in [2.45, 2.75) is 50.9 Å². The number of hydrogen-bond donors (Lipinski definition) is 1. The van der Waals surface area contributed by atoms with Crippen molar-refractivity contribution in [3.05, 3.63) is 69.2 Å². The summed E-state index contributed by atoms with van der Waals surface area (Å²) in [7, 11) is -3.52. The number of benzene rings is 2. The highest BCUT2D eigenvalue weighted by atomic mass is 35.5. The highest BCUT2D eigenvalue weighted by molar-refractivity contribution is 7.88. The number of piperidine rings is 2. The normalized spacial score (nSPS) is 18.5. The Kier molecular flexibility index (Phi) is 9.11. The topological polar surface area (TPSA) is 69.7 Å². The first-order valence-electron chi connectivity index (χ1n) is 12.3. The third-order valence-corrected chi connectivity index (χ3v) is 9.30. The fraction of sp³-hybridized carbons (Fsp3) is 0.500. The van der Waals surface area contributed by atoms with Gasteiger partial charge in [0.15, 0.2) is 0 Å². The monoisotopic (exact) mass is 537 g/mol. The molecular weight excluding hydrogens is 505 g/mol. The molecule has 0 radical (unpaired) electrons. The molecule has 2 aromatic rings. The smallest absolute Gasteiger partial charge is 0.223 e. The van der Waals surface area contributed by atoms with Gasteiger partial charge in [-0.3, -0.25) is 9.69 Å². The van der Waals surface area contributed by atoms with Gasteiger partial charge in [-0.05, 0) is 67.6 Å². The van der Waals surface area contributed by atoms with E-state index < -0.39 is 10.0 Å². The zero-order valence-corrected chi connectivity index (χ0v) is 22.2. The first-order chi connectivity index (χ1) is 16.8. The Hall–Kier alpha value is -1.64. The van der Waals surface area contributed by atoms with Crippen LogP contribution in [0.25, 0.3) is 0 Å². The number of sulfonamides is 1. The molecule has 2 aromatic carbocycles. The van der Waals surface area contributed by atoms with Crippen LogP contribution in [0.5, 0.6) is 0 Å². The standard InChI is InChI=1S/C26H33Cl2N3O3S/c27-24-8-7-23(25(28)16-24)19-35(33,34)31-13-9-22(10-14-31)26(32)29-17-20-5-4-6-21(15-20)18-30-11-2-1-3-12-30/h4-8,15-16,22H,1-3,9-14,17-19H2,(H,29,32). The molecule has 1 amide bonds. The van der Waals surface area contributed by atoms with E-state index in [0.29, 0.717) is 48.1 Å². The van der Waals surface area contributed by atoms with Gasteiger partial charge in [0.05, 0.1) is 5.75 Å². The van der Waals surface area contributed by atoms with Crippen LogP contribution in [0.15, 0.2) is 42.5 Å². The second-order valence-corrected chi connectivity index (χ2v) is 12.4. The number of amides is 1. The van der Waals surface area contributed by atoms with Gasteiger partial charge in [-0.15, -0.1) is 0 Å². The minimum atomic E-state index is -3.52. The third kappa shape index (κ3) is 7.43. The molecule has 2 aliphatic heterocycles. The number of halogens is 2. The lowest BCUT2D eigenvalue weighted by atomic mass is 9.97. The Labute approximate surface area is 218 Å². The first-order valence-corrected chi connectivity index (χ1v) is 14.7. The van der Waals surface area contributed by atoms with Crippen LogP contribution >= 0.6 is 23.2 Å². The van der Waals surface area contributed by atoms with Crippen LogP contribution in [0.3, 0.4) is 0 Å². The van der Waals surface area contributed by atoms with Crippen LogP contribution in [-0.4, -0.2) is 49.7 Å². The fourth-order valence-corrected chi connectivity index (χ4v) is 7.02. The van der Waals surface area contributed by atoms with Crippen LogP contribution < -0.4 is 5.32 Å². The maximum Gasteiger partial charge on any atom is 0.223 e. The molecule has 35 heavy (non-hydrogen) atoms. The average molecular weight is 539 g/mol. The molecule has 1 N–H and O–H groups in total. The molecular formula is C26H33Cl2N3O3S. The molecule has 0 aromatic heterocycles. The lowest BCUT2D eigenvalue weighted by molar-refractivity contribution is -0.126. The highest BCUT2D eigenvalue weighted by Gasteiger charge is 2.31. The van der Waals surface area contributed by atoms with E-state index in [9.17, 15) is 13.2 Å². The number of likely N-dealkylation sites (tertiary alicyclic amines) is 1. The predicted octanol–water partition coefficient (Wildman–Crippen LogP) is 4.84. The number of carbonyl (C=O) groups is 1. The maximum absolute atomic E-state index is 12.9.